The van der Waals surface area contributed by atoms with Gasteiger partial charge in [-0.25, -0.2) is 0 Å². The fourth-order valence-corrected chi connectivity index (χ4v) is 3.27. The zero-order chi connectivity index (χ0) is 15.0. The van der Waals surface area contributed by atoms with Gasteiger partial charge in [0.15, 0.2) is 5.69 Å². The van der Waals surface area contributed by atoms with E-state index in [0.29, 0.717) is 24.6 Å². The van der Waals surface area contributed by atoms with E-state index in [2.05, 4.69) is 15.5 Å². The molecule has 2 heterocycles. The number of amides is 1. The fourth-order valence-electron chi connectivity index (χ4n) is 3.27. The lowest BCUT2D eigenvalue weighted by Crippen LogP contribution is -2.33. The van der Waals surface area contributed by atoms with Crippen molar-refractivity contribution in [2.45, 2.75) is 57.8 Å². The van der Waals surface area contributed by atoms with Crippen LogP contribution in [0.15, 0.2) is 0 Å². The first-order valence-electron chi connectivity index (χ1n) is 7.73. The van der Waals surface area contributed by atoms with Gasteiger partial charge in [0.25, 0.3) is 5.91 Å². The number of nitrogens with one attached hydrogen (secondary N) is 2. The highest BCUT2D eigenvalue weighted by atomic mass is 16.5. The number of carbonyl (C=O) groups excluding carboxylic acids is 1. The molecule has 3 N–H and O–H groups in total. The molecular formula is C15H23N3O3. The summed E-state index contributed by atoms with van der Waals surface area (Å²) in [7, 11) is 0. The van der Waals surface area contributed by atoms with E-state index >= 15 is 0 Å². The Labute approximate surface area is 124 Å². The van der Waals surface area contributed by atoms with Crippen LogP contribution >= 0.6 is 0 Å². The van der Waals surface area contributed by atoms with Crippen LogP contribution in [-0.4, -0.2) is 40.0 Å². The minimum absolute atomic E-state index is 0.0470. The van der Waals surface area contributed by atoms with E-state index in [1.165, 1.54) is 0 Å². The van der Waals surface area contributed by atoms with Gasteiger partial charge in [-0.1, -0.05) is 0 Å². The third-order valence-corrected chi connectivity index (χ3v) is 4.50. The number of hydrogen-bond acceptors (Lipinski definition) is 4. The van der Waals surface area contributed by atoms with E-state index in [4.69, 9.17) is 4.74 Å². The molecule has 0 unspecified atom stereocenters. The molecule has 1 aliphatic carbocycles. The minimum atomic E-state index is -0.132. The summed E-state index contributed by atoms with van der Waals surface area (Å²) < 4.78 is 5.72. The van der Waals surface area contributed by atoms with Gasteiger partial charge >= 0.3 is 0 Å². The predicted octanol–water partition coefficient (Wildman–Crippen LogP) is 1.32. The van der Waals surface area contributed by atoms with Crippen molar-refractivity contribution in [3.63, 3.8) is 0 Å². The van der Waals surface area contributed by atoms with Crippen molar-refractivity contribution >= 4 is 5.91 Å². The lowest BCUT2D eigenvalue weighted by Gasteiger charge is -2.31. The molecule has 2 aliphatic rings. The summed E-state index contributed by atoms with van der Waals surface area (Å²) in [6.45, 7) is 4.62. The van der Waals surface area contributed by atoms with Crippen molar-refractivity contribution in [2.75, 3.05) is 6.54 Å². The normalized spacial score (nSPS) is 31.4. The molecular weight excluding hydrogens is 270 g/mol. The number of aliphatic hydroxyl groups is 1. The van der Waals surface area contributed by atoms with Crippen molar-refractivity contribution in [3.8, 4) is 0 Å². The van der Waals surface area contributed by atoms with E-state index < -0.39 is 0 Å². The van der Waals surface area contributed by atoms with Gasteiger partial charge in [0.05, 0.1) is 24.0 Å². The van der Waals surface area contributed by atoms with E-state index in [1.807, 2.05) is 13.8 Å². The number of ether oxygens (including phenoxy) is 1. The molecule has 0 radical (unpaired) electrons. The summed E-state index contributed by atoms with van der Waals surface area (Å²) in [5, 5.41) is 19.3. The number of aliphatic hydroxyl groups excluding tert-OH is 1. The Bertz CT molecular complexity index is 522. The highest BCUT2D eigenvalue weighted by molar-refractivity contribution is 5.94. The number of aromatic amines is 1. The standard InChI is InChI=1S/C15H23N3O3/c1-8-5-12-13(9(2)21-8)17-18-14(12)15(20)16-4-3-10-6-11(19)7-10/h8-11,19H,3-7H2,1-2H3,(H,16,20)(H,17,18)/t8-,9+,10?,11?/m1/s1. The van der Waals surface area contributed by atoms with Crippen LogP contribution in [0.2, 0.25) is 0 Å². The Kier molecular flexibility index (Phi) is 3.99. The Morgan fingerprint density at radius 2 is 2.24 bits per heavy atom. The zero-order valence-corrected chi connectivity index (χ0v) is 12.6. The first-order chi connectivity index (χ1) is 10.0. The second-order valence-corrected chi connectivity index (χ2v) is 6.29. The first-order valence-corrected chi connectivity index (χ1v) is 7.73. The molecule has 21 heavy (non-hydrogen) atoms. The van der Waals surface area contributed by atoms with Crippen LogP contribution in [0.4, 0.5) is 0 Å². The van der Waals surface area contributed by atoms with Crippen LogP contribution in [0, 0.1) is 5.92 Å². The maximum atomic E-state index is 12.3. The highest BCUT2D eigenvalue weighted by Crippen LogP contribution is 2.31. The van der Waals surface area contributed by atoms with E-state index in [9.17, 15) is 9.90 Å². The maximum Gasteiger partial charge on any atom is 0.272 e. The molecule has 6 heteroatoms. The topological polar surface area (TPSA) is 87.2 Å². The monoisotopic (exact) mass is 293 g/mol. The molecule has 1 amide bonds. The van der Waals surface area contributed by atoms with Crippen molar-refractivity contribution < 1.29 is 14.6 Å². The van der Waals surface area contributed by atoms with Crippen LogP contribution in [-0.2, 0) is 11.2 Å². The Morgan fingerprint density at radius 1 is 1.48 bits per heavy atom. The SMILES string of the molecule is C[C@@H]1Cc2c(C(=O)NCCC3CC(O)C3)n[nH]c2[C@H](C)O1. The van der Waals surface area contributed by atoms with Crippen LogP contribution in [0.1, 0.15) is 61.0 Å². The average molecular weight is 293 g/mol. The maximum absolute atomic E-state index is 12.3. The van der Waals surface area contributed by atoms with Gasteiger partial charge in [0.1, 0.15) is 0 Å². The minimum Gasteiger partial charge on any atom is -0.393 e. The van der Waals surface area contributed by atoms with Gasteiger partial charge in [-0.05, 0) is 39.0 Å². The third kappa shape index (κ3) is 2.96. The number of fused-ring (bicyclic) bond motifs is 1. The van der Waals surface area contributed by atoms with Crippen LogP contribution in [0.5, 0.6) is 0 Å². The Balaban J connectivity index is 1.58. The summed E-state index contributed by atoms with van der Waals surface area (Å²) in [5.74, 6) is 0.426. The molecule has 1 aromatic rings. The molecule has 116 valence electrons. The molecule has 1 aromatic heterocycles. The number of hydrogen-bond donors (Lipinski definition) is 3. The quantitative estimate of drug-likeness (QED) is 0.781. The lowest BCUT2D eigenvalue weighted by atomic mass is 9.80. The van der Waals surface area contributed by atoms with Crippen molar-refractivity contribution in [2.24, 2.45) is 5.92 Å². The molecule has 2 atom stereocenters. The number of aromatic nitrogens is 2. The number of nitrogens with zero attached hydrogens (tertiary/aromatic N) is 1. The van der Waals surface area contributed by atoms with Crippen molar-refractivity contribution in [1.29, 1.82) is 0 Å². The predicted molar refractivity (Wildman–Crippen MR) is 76.9 cm³/mol. The van der Waals surface area contributed by atoms with E-state index in [0.717, 1.165) is 30.5 Å². The highest BCUT2D eigenvalue weighted by Gasteiger charge is 2.30. The smallest absolute Gasteiger partial charge is 0.272 e. The van der Waals surface area contributed by atoms with Gasteiger partial charge < -0.3 is 15.2 Å². The van der Waals surface area contributed by atoms with Crippen LogP contribution in [0.25, 0.3) is 0 Å². The molecule has 1 aliphatic heterocycles. The molecule has 0 aromatic carbocycles. The van der Waals surface area contributed by atoms with Gasteiger partial charge in [0, 0.05) is 18.5 Å². The van der Waals surface area contributed by atoms with Gasteiger partial charge in [0.2, 0.25) is 0 Å². The van der Waals surface area contributed by atoms with Gasteiger partial charge in [-0.3, -0.25) is 9.89 Å². The second kappa shape index (κ2) is 5.77. The summed E-state index contributed by atoms with van der Waals surface area (Å²) in [5.41, 5.74) is 2.40. The molecule has 1 saturated carbocycles. The number of H-pyrrole nitrogens is 1. The molecule has 0 spiro atoms. The summed E-state index contributed by atoms with van der Waals surface area (Å²) in [4.78, 5) is 12.3. The van der Waals surface area contributed by atoms with Crippen LogP contribution in [0.3, 0.4) is 0 Å². The van der Waals surface area contributed by atoms with Crippen LogP contribution < -0.4 is 5.32 Å². The van der Waals surface area contributed by atoms with Gasteiger partial charge in [-0.2, -0.15) is 5.10 Å². The Hall–Kier alpha value is -1.40. The molecule has 6 nitrogen and oxygen atoms in total. The second-order valence-electron chi connectivity index (χ2n) is 6.29. The summed E-state index contributed by atoms with van der Waals surface area (Å²) in [6.07, 6.45) is 3.29. The van der Waals surface area contributed by atoms with E-state index in [1.54, 1.807) is 0 Å². The molecule has 0 bridgehead atoms. The average Bonchev–Trinajstić information content (AvgIpc) is 2.80. The largest absolute Gasteiger partial charge is 0.393 e. The summed E-state index contributed by atoms with van der Waals surface area (Å²) >= 11 is 0. The molecule has 0 saturated heterocycles. The zero-order valence-electron chi connectivity index (χ0n) is 12.6. The van der Waals surface area contributed by atoms with E-state index in [-0.39, 0.29) is 24.2 Å². The lowest BCUT2D eigenvalue weighted by molar-refractivity contribution is -0.00697. The Morgan fingerprint density at radius 3 is 2.95 bits per heavy atom. The molecule has 1 fully saturated rings. The number of carbonyl (C=O) groups is 1. The first kappa shape index (κ1) is 14.5. The van der Waals surface area contributed by atoms with Crippen molar-refractivity contribution in [3.05, 3.63) is 17.0 Å². The third-order valence-electron chi connectivity index (χ3n) is 4.50. The molecule has 3 rings (SSSR count). The van der Waals surface area contributed by atoms with Crippen molar-refractivity contribution in [1.82, 2.24) is 15.5 Å². The fraction of sp³-hybridized carbons (Fsp3) is 0.733. The number of rotatable bonds is 4. The summed E-state index contributed by atoms with van der Waals surface area (Å²) in [6, 6.07) is 0. The van der Waals surface area contributed by atoms with Gasteiger partial charge in [-0.15, -0.1) is 0 Å².